The SMILES string of the molecule is CCCS(=O)(=O)c1ccc(-c2cc(F)c(OCC3CCN(COC4(C)CC4)CC3)c(F)c2)c(C)n1. The maximum atomic E-state index is 14.8. The lowest BCUT2D eigenvalue weighted by atomic mass is 9.98. The van der Waals surface area contributed by atoms with Crippen molar-refractivity contribution in [2.24, 2.45) is 5.92 Å². The van der Waals surface area contributed by atoms with E-state index in [1.807, 2.05) is 0 Å². The number of likely N-dealkylation sites (tertiary alicyclic amines) is 1. The average molecular weight is 509 g/mol. The number of halogens is 2. The zero-order chi connectivity index (χ0) is 25.2. The summed E-state index contributed by atoms with van der Waals surface area (Å²) in [5.41, 5.74) is 1.21. The molecule has 1 saturated carbocycles. The number of rotatable bonds is 10. The lowest BCUT2D eigenvalue weighted by Crippen LogP contribution is -2.38. The van der Waals surface area contributed by atoms with Gasteiger partial charge in [-0.2, -0.15) is 0 Å². The van der Waals surface area contributed by atoms with Crippen LogP contribution < -0.4 is 4.74 Å². The van der Waals surface area contributed by atoms with Crippen LogP contribution in [0.15, 0.2) is 29.3 Å². The molecule has 0 atom stereocenters. The summed E-state index contributed by atoms with van der Waals surface area (Å²) in [6, 6.07) is 5.35. The van der Waals surface area contributed by atoms with Crippen LogP contribution in [0.4, 0.5) is 8.78 Å². The Morgan fingerprint density at radius 2 is 1.80 bits per heavy atom. The molecule has 1 aromatic heterocycles. The molecular formula is C26H34F2N2O4S. The Labute approximate surface area is 206 Å². The van der Waals surface area contributed by atoms with Gasteiger partial charge in [-0.05, 0) is 81.7 Å². The van der Waals surface area contributed by atoms with E-state index < -0.39 is 21.5 Å². The van der Waals surface area contributed by atoms with Crippen LogP contribution in [0.5, 0.6) is 5.75 Å². The fraction of sp³-hybridized carbons (Fsp3) is 0.577. The number of nitrogens with zero attached hydrogens (tertiary/aromatic N) is 2. The number of benzene rings is 1. The van der Waals surface area contributed by atoms with Gasteiger partial charge in [-0.25, -0.2) is 22.2 Å². The van der Waals surface area contributed by atoms with Gasteiger partial charge in [-0.3, -0.25) is 4.90 Å². The predicted octanol–water partition coefficient (Wildman–Crippen LogP) is 5.14. The van der Waals surface area contributed by atoms with Crippen LogP contribution >= 0.6 is 0 Å². The third kappa shape index (κ3) is 6.37. The molecule has 2 aliphatic rings. The first-order valence-corrected chi connectivity index (χ1v) is 13.9. The second kappa shape index (κ2) is 10.5. The van der Waals surface area contributed by atoms with E-state index in [0.29, 0.717) is 24.4 Å². The lowest BCUT2D eigenvalue weighted by molar-refractivity contribution is -0.0417. The molecule has 1 aromatic carbocycles. The molecular weight excluding hydrogens is 474 g/mol. The fourth-order valence-electron chi connectivity index (χ4n) is 4.29. The number of sulfone groups is 1. The Bertz CT molecular complexity index is 1140. The molecule has 2 fully saturated rings. The van der Waals surface area contributed by atoms with Gasteiger partial charge in [-0.15, -0.1) is 0 Å². The van der Waals surface area contributed by atoms with Gasteiger partial charge in [0.2, 0.25) is 0 Å². The summed E-state index contributed by atoms with van der Waals surface area (Å²) >= 11 is 0. The number of aryl methyl sites for hydroxylation is 1. The Morgan fingerprint density at radius 3 is 2.37 bits per heavy atom. The second-order valence-corrected chi connectivity index (χ2v) is 12.0. The molecule has 4 rings (SSSR count). The zero-order valence-electron chi connectivity index (χ0n) is 20.6. The molecule has 0 spiro atoms. The predicted molar refractivity (Wildman–Crippen MR) is 130 cm³/mol. The number of pyridine rings is 1. The van der Waals surface area contributed by atoms with E-state index in [0.717, 1.165) is 38.8 Å². The van der Waals surface area contributed by atoms with E-state index in [1.165, 1.54) is 18.2 Å². The van der Waals surface area contributed by atoms with Crippen molar-refractivity contribution in [2.45, 2.75) is 63.5 Å². The summed E-state index contributed by atoms with van der Waals surface area (Å²) in [6.45, 7) is 8.19. The van der Waals surface area contributed by atoms with Crippen LogP contribution in [-0.4, -0.2) is 56.1 Å². The normalized spacial score (nSPS) is 18.5. The Hall–Kier alpha value is -2.10. The molecule has 1 aliphatic carbocycles. The summed E-state index contributed by atoms with van der Waals surface area (Å²) < 4.78 is 65.7. The molecule has 35 heavy (non-hydrogen) atoms. The Balaban J connectivity index is 1.37. The first-order valence-electron chi connectivity index (χ1n) is 12.3. The summed E-state index contributed by atoms with van der Waals surface area (Å²) in [5.74, 6) is -1.73. The Kier molecular flexibility index (Phi) is 7.78. The summed E-state index contributed by atoms with van der Waals surface area (Å²) in [4.78, 5) is 6.45. The van der Waals surface area contributed by atoms with Crippen molar-refractivity contribution in [2.75, 3.05) is 32.2 Å². The second-order valence-electron chi connectivity index (χ2n) is 9.97. The van der Waals surface area contributed by atoms with Gasteiger partial charge >= 0.3 is 0 Å². The molecule has 0 bridgehead atoms. The largest absolute Gasteiger partial charge is 0.487 e. The minimum Gasteiger partial charge on any atom is -0.487 e. The number of aromatic nitrogens is 1. The van der Waals surface area contributed by atoms with E-state index in [4.69, 9.17) is 9.47 Å². The van der Waals surface area contributed by atoms with Crippen LogP contribution in [-0.2, 0) is 14.6 Å². The highest BCUT2D eigenvalue weighted by Gasteiger charge is 2.39. The van der Waals surface area contributed by atoms with E-state index in [2.05, 4.69) is 16.8 Å². The zero-order valence-corrected chi connectivity index (χ0v) is 21.5. The highest BCUT2D eigenvalue weighted by molar-refractivity contribution is 7.91. The number of piperidine rings is 1. The minimum atomic E-state index is -3.47. The van der Waals surface area contributed by atoms with Crippen molar-refractivity contribution in [1.29, 1.82) is 0 Å². The molecule has 192 valence electrons. The highest BCUT2D eigenvalue weighted by atomic mass is 32.2. The monoisotopic (exact) mass is 508 g/mol. The van der Waals surface area contributed by atoms with Crippen LogP contribution in [0.1, 0.15) is 51.6 Å². The van der Waals surface area contributed by atoms with Crippen molar-refractivity contribution in [3.63, 3.8) is 0 Å². The topological polar surface area (TPSA) is 68.7 Å². The van der Waals surface area contributed by atoms with Crippen molar-refractivity contribution in [1.82, 2.24) is 9.88 Å². The number of hydrogen-bond acceptors (Lipinski definition) is 6. The maximum absolute atomic E-state index is 14.8. The van der Waals surface area contributed by atoms with Crippen LogP contribution in [0.2, 0.25) is 0 Å². The molecule has 0 unspecified atom stereocenters. The van der Waals surface area contributed by atoms with Crippen LogP contribution in [0.25, 0.3) is 11.1 Å². The van der Waals surface area contributed by atoms with E-state index in [-0.39, 0.29) is 40.2 Å². The van der Waals surface area contributed by atoms with Gasteiger partial charge in [0.05, 0.1) is 24.7 Å². The van der Waals surface area contributed by atoms with Gasteiger partial charge < -0.3 is 9.47 Å². The summed E-state index contributed by atoms with van der Waals surface area (Å²) in [6.07, 6.45) is 4.50. The maximum Gasteiger partial charge on any atom is 0.195 e. The quantitative estimate of drug-likeness (QED) is 0.443. The minimum absolute atomic E-state index is 0.000317. The molecule has 0 radical (unpaired) electrons. The van der Waals surface area contributed by atoms with E-state index in [9.17, 15) is 17.2 Å². The first-order chi connectivity index (χ1) is 16.6. The Morgan fingerprint density at radius 1 is 1.14 bits per heavy atom. The third-order valence-corrected chi connectivity index (χ3v) is 8.69. The van der Waals surface area contributed by atoms with Gasteiger partial charge in [0.15, 0.2) is 32.2 Å². The highest BCUT2D eigenvalue weighted by Crippen LogP contribution is 2.39. The molecule has 1 saturated heterocycles. The summed E-state index contributed by atoms with van der Waals surface area (Å²) in [5, 5.41) is -0.0270. The smallest absolute Gasteiger partial charge is 0.195 e. The molecule has 2 aromatic rings. The number of ether oxygens (including phenoxy) is 2. The van der Waals surface area contributed by atoms with Crippen molar-refractivity contribution in [3.05, 3.63) is 41.6 Å². The van der Waals surface area contributed by atoms with Crippen molar-refractivity contribution < 1.29 is 26.7 Å². The summed E-state index contributed by atoms with van der Waals surface area (Å²) in [7, 11) is -3.47. The molecule has 6 nitrogen and oxygen atoms in total. The standard InChI is InChI=1S/C26H34F2N2O4S/c1-4-13-35(31,32)24-6-5-21(18(2)29-24)20-14-22(27)25(23(28)15-20)33-16-19-7-11-30(12-8-19)17-34-26(3)9-10-26/h5-6,14-15,19H,4,7-13,16-17H2,1-3H3. The molecule has 1 aliphatic heterocycles. The van der Waals surface area contributed by atoms with Gasteiger partial charge in [-0.1, -0.05) is 6.92 Å². The van der Waals surface area contributed by atoms with Crippen LogP contribution in [0.3, 0.4) is 0 Å². The van der Waals surface area contributed by atoms with Crippen molar-refractivity contribution >= 4 is 9.84 Å². The van der Waals surface area contributed by atoms with Gasteiger partial charge in [0, 0.05) is 24.3 Å². The molecule has 2 heterocycles. The lowest BCUT2D eigenvalue weighted by Gasteiger charge is -2.32. The van der Waals surface area contributed by atoms with Gasteiger partial charge in [0.1, 0.15) is 0 Å². The average Bonchev–Trinajstić information content (AvgIpc) is 3.55. The van der Waals surface area contributed by atoms with Gasteiger partial charge in [0.25, 0.3) is 0 Å². The van der Waals surface area contributed by atoms with E-state index in [1.54, 1.807) is 19.9 Å². The van der Waals surface area contributed by atoms with E-state index >= 15 is 0 Å². The number of hydrogen-bond donors (Lipinski definition) is 0. The molecule has 9 heteroatoms. The van der Waals surface area contributed by atoms with Crippen LogP contribution in [0, 0.1) is 24.5 Å². The molecule has 0 N–H and O–H groups in total. The van der Waals surface area contributed by atoms with Crippen molar-refractivity contribution in [3.8, 4) is 16.9 Å². The fourth-order valence-corrected chi connectivity index (χ4v) is 5.59. The third-order valence-electron chi connectivity index (χ3n) is 6.88. The first kappa shape index (κ1) is 26.0. The molecule has 0 amide bonds.